The normalized spacial score (nSPS) is 17.9. The molecule has 3 aromatic rings. The molecule has 1 aliphatic heterocycles. The molecule has 148 valence electrons. The van der Waals surface area contributed by atoms with Crippen LogP contribution in [0.5, 0.6) is 5.75 Å². The summed E-state index contributed by atoms with van der Waals surface area (Å²) in [5.41, 5.74) is 2.70. The predicted octanol–water partition coefficient (Wildman–Crippen LogP) is 3.60. The van der Waals surface area contributed by atoms with Crippen molar-refractivity contribution in [3.8, 4) is 28.1 Å². The topological polar surface area (TPSA) is 75.8 Å². The van der Waals surface area contributed by atoms with E-state index in [2.05, 4.69) is 5.16 Å². The van der Waals surface area contributed by atoms with Crippen molar-refractivity contribution in [2.24, 2.45) is 0 Å². The van der Waals surface area contributed by atoms with E-state index < -0.39 is 5.41 Å². The molecule has 0 atom stereocenters. The summed E-state index contributed by atoms with van der Waals surface area (Å²) in [5, 5.41) is 14.0. The fourth-order valence-corrected chi connectivity index (χ4v) is 4.04. The number of hydrogen-bond acceptors (Lipinski definition) is 5. The van der Waals surface area contributed by atoms with Gasteiger partial charge in [-0.05, 0) is 42.7 Å². The van der Waals surface area contributed by atoms with E-state index in [1.54, 1.807) is 12.1 Å². The van der Waals surface area contributed by atoms with Gasteiger partial charge in [-0.1, -0.05) is 35.5 Å². The average molecular weight is 390 g/mol. The molecule has 5 rings (SSSR count). The third-order valence-electron chi connectivity index (χ3n) is 5.79. The van der Waals surface area contributed by atoms with Gasteiger partial charge in [-0.2, -0.15) is 0 Å². The van der Waals surface area contributed by atoms with Crippen molar-refractivity contribution >= 4 is 5.91 Å². The Morgan fingerprint density at radius 3 is 2.31 bits per heavy atom. The minimum absolute atomic E-state index is 0.103. The Kier molecular flexibility index (Phi) is 4.36. The molecule has 2 aliphatic rings. The number of morpholine rings is 1. The molecule has 2 fully saturated rings. The summed E-state index contributed by atoms with van der Waals surface area (Å²) in [6, 6.07) is 16.8. The van der Waals surface area contributed by atoms with Crippen molar-refractivity contribution in [3.05, 3.63) is 60.4 Å². The smallest absolute Gasteiger partial charge is 0.236 e. The third-order valence-corrected chi connectivity index (χ3v) is 5.79. The van der Waals surface area contributed by atoms with Gasteiger partial charge in [0.1, 0.15) is 16.9 Å². The lowest BCUT2D eigenvalue weighted by Crippen LogP contribution is -2.45. The van der Waals surface area contributed by atoms with Crippen LogP contribution < -0.4 is 0 Å². The Bertz CT molecular complexity index is 1020. The van der Waals surface area contributed by atoms with Crippen LogP contribution in [-0.4, -0.2) is 47.4 Å². The van der Waals surface area contributed by atoms with Crippen LogP contribution in [-0.2, 0) is 14.9 Å². The number of aromatic hydroxyl groups is 1. The monoisotopic (exact) mass is 390 g/mol. The first-order valence-corrected chi connectivity index (χ1v) is 9.91. The van der Waals surface area contributed by atoms with Crippen molar-refractivity contribution in [2.75, 3.05) is 26.3 Å². The van der Waals surface area contributed by atoms with Gasteiger partial charge in [0.15, 0.2) is 5.76 Å². The Labute approximate surface area is 168 Å². The Morgan fingerprint density at radius 2 is 1.66 bits per heavy atom. The molecule has 6 nitrogen and oxygen atoms in total. The third kappa shape index (κ3) is 3.09. The van der Waals surface area contributed by atoms with Crippen molar-refractivity contribution in [2.45, 2.75) is 18.3 Å². The molecule has 1 N–H and O–H groups in total. The summed E-state index contributed by atoms with van der Waals surface area (Å²) in [4.78, 5) is 15.3. The highest BCUT2D eigenvalue weighted by molar-refractivity contribution is 5.95. The van der Waals surface area contributed by atoms with Gasteiger partial charge in [0.05, 0.1) is 18.8 Å². The Hall–Kier alpha value is -3.12. The zero-order valence-corrected chi connectivity index (χ0v) is 16.0. The van der Waals surface area contributed by atoms with Crippen molar-refractivity contribution in [1.29, 1.82) is 0 Å². The lowest BCUT2D eigenvalue weighted by atomic mass is 9.91. The van der Waals surface area contributed by atoms with E-state index in [9.17, 15) is 9.90 Å². The lowest BCUT2D eigenvalue weighted by Gasteiger charge is -2.30. The first kappa shape index (κ1) is 17.9. The van der Waals surface area contributed by atoms with Crippen LogP contribution in [0.1, 0.15) is 18.6 Å². The minimum Gasteiger partial charge on any atom is -0.508 e. The maximum absolute atomic E-state index is 13.4. The summed E-state index contributed by atoms with van der Waals surface area (Å²) in [6.45, 7) is 2.37. The first-order chi connectivity index (χ1) is 14.2. The molecule has 0 unspecified atom stereocenters. The molecule has 29 heavy (non-hydrogen) atoms. The number of benzene rings is 2. The van der Waals surface area contributed by atoms with E-state index in [0.29, 0.717) is 37.8 Å². The van der Waals surface area contributed by atoms with Gasteiger partial charge in [-0.25, -0.2) is 0 Å². The number of ether oxygens (including phenoxy) is 1. The largest absolute Gasteiger partial charge is 0.508 e. The van der Waals surface area contributed by atoms with Crippen molar-refractivity contribution in [1.82, 2.24) is 10.1 Å². The van der Waals surface area contributed by atoms with Gasteiger partial charge in [-0.15, -0.1) is 0 Å². The molecular weight excluding hydrogens is 368 g/mol. The van der Waals surface area contributed by atoms with E-state index in [0.717, 1.165) is 29.5 Å². The van der Waals surface area contributed by atoms with Gasteiger partial charge >= 0.3 is 0 Å². The van der Waals surface area contributed by atoms with E-state index in [1.165, 1.54) is 0 Å². The number of aromatic nitrogens is 1. The molecular formula is C23H22N2O4. The zero-order valence-electron chi connectivity index (χ0n) is 16.0. The molecule has 0 bridgehead atoms. The number of amides is 1. The van der Waals surface area contributed by atoms with E-state index in [1.807, 2.05) is 47.4 Å². The number of carbonyl (C=O) groups excluding carboxylic acids is 1. The highest BCUT2D eigenvalue weighted by atomic mass is 16.5. The standard InChI is InChI=1S/C23H22N2O4/c26-18-8-6-17(7-9-18)20-19(16-4-2-1-3-5-16)21(29-24-20)23(10-11-23)22(27)25-12-14-28-15-13-25/h1-9,26H,10-15H2. The summed E-state index contributed by atoms with van der Waals surface area (Å²) < 4.78 is 11.3. The van der Waals surface area contributed by atoms with Gasteiger partial charge < -0.3 is 19.3 Å². The zero-order chi connectivity index (χ0) is 19.8. The molecule has 2 aromatic carbocycles. The molecule has 6 heteroatoms. The molecule has 1 aliphatic carbocycles. The van der Waals surface area contributed by atoms with Crippen LogP contribution in [0.4, 0.5) is 0 Å². The Morgan fingerprint density at radius 1 is 0.966 bits per heavy atom. The molecule has 0 spiro atoms. The van der Waals surface area contributed by atoms with E-state index in [-0.39, 0.29) is 11.7 Å². The van der Waals surface area contributed by atoms with Crippen LogP contribution in [0.3, 0.4) is 0 Å². The van der Waals surface area contributed by atoms with Crippen molar-refractivity contribution < 1.29 is 19.2 Å². The number of hydrogen-bond donors (Lipinski definition) is 1. The molecule has 1 aromatic heterocycles. The van der Waals surface area contributed by atoms with Crippen LogP contribution in [0.25, 0.3) is 22.4 Å². The first-order valence-electron chi connectivity index (χ1n) is 9.91. The summed E-state index contributed by atoms with van der Waals surface area (Å²) >= 11 is 0. The maximum Gasteiger partial charge on any atom is 0.236 e. The minimum atomic E-state index is -0.648. The van der Waals surface area contributed by atoms with Crippen LogP contribution in [0.2, 0.25) is 0 Å². The van der Waals surface area contributed by atoms with Crippen LogP contribution >= 0.6 is 0 Å². The molecule has 1 saturated heterocycles. The van der Waals surface area contributed by atoms with Crippen LogP contribution in [0.15, 0.2) is 59.1 Å². The summed E-state index contributed by atoms with van der Waals surface area (Å²) in [6.07, 6.45) is 1.51. The fourth-order valence-electron chi connectivity index (χ4n) is 4.04. The van der Waals surface area contributed by atoms with E-state index >= 15 is 0 Å². The van der Waals surface area contributed by atoms with Gasteiger partial charge in [0.25, 0.3) is 0 Å². The van der Waals surface area contributed by atoms with Gasteiger partial charge in [0, 0.05) is 18.7 Å². The number of carbonyl (C=O) groups is 1. The summed E-state index contributed by atoms with van der Waals surface area (Å²) in [5.74, 6) is 0.939. The lowest BCUT2D eigenvalue weighted by molar-refractivity contribution is -0.138. The Balaban J connectivity index is 1.62. The SMILES string of the molecule is O=C(N1CCOCC1)C1(c2onc(-c3ccc(O)cc3)c2-c2ccccc2)CC1. The highest BCUT2D eigenvalue weighted by Gasteiger charge is 2.57. The number of nitrogens with zero attached hydrogens (tertiary/aromatic N) is 2. The molecule has 0 radical (unpaired) electrons. The van der Waals surface area contributed by atoms with E-state index in [4.69, 9.17) is 9.26 Å². The quantitative estimate of drug-likeness (QED) is 0.737. The maximum atomic E-state index is 13.4. The fraction of sp³-hybridized carbons (Fsp3) is 0.304. The second-order valence-electron chi connectivity index (χ2n) is 7.63. The number of rotatable bonds is 4. The number of phenols is 1. The predicted molar refractivity (Wildman–Crippen MR) is 107 cm³/mol. The molecule has 1 saturated carbocycles. The average Bonchev–Trinajstić information content (AvgIpc) is 3.46. The second kappa shape index (κ2) is 7.04. The van der Waals surface area contributed by atoms with Crippen molar-refractivity contribution in [3.63, 3.8) is 0 Å². The summed E-state index contributed by atoms with van der Waals surface area (Å²) in [7, 11) is 0. The highest BCUT2D eigenvalue weighted by Crippen LogP contribution is 2.54. The van der Waals surface area contributed by atoms with Crippen LogP contribution in [0, 0.1) is 0 Å². The second-order valence-corrected chi connectivity index (χ2v) is 7.63. The molecule has 1 amide bonds. The van der Waals surface area contributed by atoms with Gasteiger partial charge in [0.2, 0.25) is 5.91 Å². The number of phenolic OH excluding ortho intramolecular Hbond substituents is 1. The molecule has 2 heterocycles. The van der Waals surface area contributed by atoms with Gasteiger partial charge in [-0.3, -0.25) is 4.79 Å².